The highest BCUT2D eigenvalue weighted by Gasteiger charge is 2.19. The van der Waals surface area contributed by atoms with E-state index >= 15 is 0 Å². The summed E-state index contributed by atoms with van der Waals surface area (Å²) in [6, 6.07) is 11.4. The number of anilines is 1. The van der Waals surface area contributed by atoms with Crippen LogP contribution in [0.15, 0.2) is 44.0 Å². The standard InChI is InChI=1S/C17H15BrN2O2/c18-13-6-4-12(5-7-13)16-10-15(14(11-19)17(21)22-16)20-8-2-1-3-9-20/h4-7,10H,1-3,8-9H2. The molecule has 1 aliphatic heterocycles. The molecule has 112 valence electrons. The molecule has 1 fully saturated rings. The summed E-state index contributed by atoms with van der Waals surface area (Å²) >= 11 is 3.39. The van der Waals surface area contributed by atoms with Gasteiger partial charge >= 0.3 is 5.63 Å². The van der Waals surface area contributed by atoms with Crippen LogP contribution in [0.2, 0.25) is 0 Å². The Balaban J connectivity index is 2.09. The molecule has 1 saturated heterocycles. The van der Waals surface area contributed by atoms with Gasteiger partial charge in [-0.25, -0.2) is 4.79 Å². The third-order valence-electron chi connectivity index (χ3n) is 3.87. The molecule has 0 atom stereocenters. The monoisotopic (exact) mass is 358 g/mol. The van der Waals surface area contributed by atoms with E-state index in [1.165, 1.54) is 6.42 Å². The van der Waals surface area contributed by atoms with Gasteiger partial charge in [0.1, 0.15) is 11.8 Å². The molecule has 0 spiro atoms. The Morgan fingerprint density at radius 2 is 1.82 bits per heavy atom. The topological polar surface area (TPSA) is 57.2 Å². The first kappa shape index (κ1) is 14.9. The van der Waals surface area contributed by atoms with Gasteiger partial charge in [0.15, 0.2) is 5.56 Å². The lowest BCUT2D eigenvalue weighted by atomic mass is 10.1. The van der Waals surface area contributed by atoms with Crippen LogP contribution in [-0.4, -0.2) is 13.1 Å². The summed E-state index contributed by atoms with van der Waals surface area (Å²) in [6.07, 6.45) is 3.36. The zero-order valence-corrected chi connectivity index (χ0v) is 13.6. The smallest absolute Gasteiger partial charge is 0.356 e. The van der Waals surface area contributed by atoms with Gasteiger partial charge in [-0.1, -0.05) is 28.1 Å². The Morgan fingerprint density at radius 3 is 2.45 bits per heavy atom. The van der Waals surface area contributed by atoms with Crippen LogP contribution in [0.25, 0.3) is 11.3 Å². The number of nitrogens with zero attached hydrogens (tertiary/aromatic N) is 2. The fourth-order valence-corrected chi connectivity index (χ4v) is 2.99. The highest BCUT2D eigenvalue weighted by Crippen LogP contribution is 2.28. The molecule has 1 aromatic carbocycles. The summed E-state index contributed by atoms with van der Waals surface area (Å²) in [6.45, 7) is 1.75. The summed E-state index contributed by atoms with van der Waals surface area (Å²) in [5.74, 6) is 0.497. The first-order valence-corrected chi connectivity index (χ1v) is 8.07. The van der Waals surface area contributed by atoms with Gasteiger partial charge < -0.3 is 9.32 Å². The van der Waals surface area contributed by atoms with Crippen molar-refractivity contribution >= 4 is 21.6 Å². The molecule has 1 aliphatic rings. The van der Waals surface area contributed by atoms with Gasteiger partial charge in [-0.05, 0) is 31.4 Å². The first-order chi connectivity index (χ1) is 10.7. The van der Waals surface area contributed by atoms with Gasteiger partial charge in [0.25, 0.3) is 0 Å². The lowest BCUT2D eigenvalue weighted by Gasteiger charge is -2.29. The van der Waals surface area contributed by atoms with Crippen molar-refractivity contribution in [3.05, 3.63) is 50.8 Å². The van der Waals surface area contributed by atoms with E-state index in [-0.39, 0.29) is 5.56 Å². The molecule has 0 N–H and O–H groups in total. The van der Waals surface area contributed by atoms with E-state index in [4.69, 9.17) is 4.42 Å². The Bertz CT molecular complexity index is 769. The van der Waals surface area contributed by atoms with E-state index in [9.17, 15) is 10.1 Å². The summed E-state index contributed by atoms with van der Waals surface area (Å²) in [7, 11) is 0. The molecule has 5 heteroatoms. The molecule has 2 heterocycles. The normalized spacial score (nSPS) is 14.6. The summed E-state index contributed by atoms with van der Waals surface area (Å²) in [5.41, 5.74) is 1.05. The van der Waals surface area contributed by atoms with Crippen LogP contribution in [0, 0.1) is 11.3 Å². The van der Waals surface area contributed by atoms with Crippen LogP contribution < -0.4 is 10.5 Å². The molecule has 0 radical (unpaired) electrons. The molecule has 3 rings (SSSR count). The fraction of sp³-hybridized carbons (Fsp3) is 0.294. The van der Waals surface area contributed by atoms with Gasteiger partial charge in [-0.15, -0.1) is 0 Å². The van der Waals surface area contributed by atoms with Gasteiger partial charge in [0, 0.05) is 29.2 Å². The zero-order valence-electron chi connectivity index (χ0n) is 12.0. The van der Waals surface area contributed by atoms with Gasteiger partial charge in [-0.3, -0.25) is 0 Å². The Kier molecular flexibility index (Phi) is 4.30. The van der Waals surface area contributed by atoms with E-state index in [1.807, 2.05) is 36.4 Å². The molecule has 0 amide bonds. The number of nitriles is 1. The van der Waals surface area contributed by atoms with Crippen molar-refractivity contribution in [3.63, 3.8) is 0 Å². The molecule has 2 aromatic rings. The second-order valence-electron chi connectivity index (χ2n) is 5.32. The molecule has 0 bridgehead atoms. The van der Waals surface area contributed by atoms with Gasteiger partial charge in [0.2, 0.25) is 0 Å². The third-order valence-corrected chi connectivity index (χ3v) is 4.40. The van der Waals surface area contributed by atoms with Crippen molar-refractivity contribution < 1.29 is 4.42 Å². The minimum Gasteiger partial charge on any atom is -0.422 e. The van der Waals surface area contributed by atoms with Crippen molar-refractivity contribution in [1.29, 1.82) is 5.26 Å². The lowest BCUT2D eigenvalue weighted by Crippen LogP contribution is -2.31. The molecule has 4 nitrogen and oxygen atoms in total. The first-order valence-electron chi connectivity index (χ1n) is 7.28. The number of hydrogen-bond donors (Lipinski definition) is 0. The van der Waals surface area contributed by atoms with Crippen LogP contribution >= 0.6 is 15.9 Å². The van der Waals surface area contributed by atoms with Crippen LogP contribution in [-0.2, 0) is 0 Å². The van der Waals surface area contributed by atoms with E-state index in [0.717, 1.165) is 36.0 Å². The highest BCUT2D eigenvalue weighted by atomic mass is 79.9. The van der Waals surface area contributed by atoms with Gasteiger partial charge in [0.05, 0.1) is 5.69 Å². The number of rotatable bonds is 2. The number of benzene rings is 1. The number of hydrogen-bond acceptors (Lipinski definition) is 4. The number of piperidine rings is 1. The quantitative estimate of drug-likeness (QED) is 0.815. The van der Waals surface area contributed by atoms with Crippen LogP contribution in [0.5, 0.6) is 0 Å². The zero-order chi connectivity index (χ0) is 15.5. The average Bonchev–Trinajstić information content (AvgIpc) is 2.55. The number of halogens is 1. The maximum absolute atomic E-state index is 12.1. The van der Waals surface area contributed by atoms with E-state index in [1.54, 1.807) is 0 Å². The van der Waals surface area contributed by atoms with Gasteiger partial charge in [-0.2, -0.15) is 5.26 Å². The summed E-state index contributed by atoms with van der Waals surface area (Å²) in [5, 5.41) is 9.28. The maximum atomic E-state index is 12.1. The minimum atomic E-state index is -0.566. The van der Waals surface area contributed by atoms with E-state index < -0.39 is 5.63 Å². The average molecular weight is 359 g/mol. The van der Waals surface area contributed by atoms with Crippen molar-refractivity contribution in [2.75, 3.05) is 18.0 Å². The summed E-state index contributed by atoms with van der Waals surface area (Å²) < 4.78 is 6.30. The SMILES string of the molecule is N#Cc1c(N2CCCCC2)cc(-c2ccc(Br)cc2)oc1=O. The van der Waals surface area contributed by atoms with Crippen LogP contribution in [0.1, 0.15) is 24.8 Å². The molecule has 1 aromatic heterocycles. The van der Waals surface area contributed by atoms with Crippen molar-refractivity contribution in [3.8, 4) is 17.4 Å². The van der Waals surface area contributed by atoms with E-state index in [0.29, 0.717) is 11.4 Å². The predicted molar refractivity (Wildman–Crippen MR) is 88.9 cm³/mol. The molecular weight excluding hydrogens is 344 g/mol. The maximum Gasteiger partial charge on any atom is 0.356 e. The Labute approximate surface area is 137 Å². The Hall–Kier alpha value is -2.06. The largest absolute Gasteiger partial charge is 0.422 e. The van der Waals surface area contributed by atoms with Crippen LogP contribution in [0.3, 0.4) is 0 Å². The molecule has 22 heavy (non-hydrogen) atoms. The lowest BCUT2D eigenvalue weighted by molar-refractivity contribution is 0.519. The molecular formula is C17H15BrN2O2. The van der Waals surface area contributed by atoms with Crippen molar-refractivity contribution in [2.45, 2.75) is 19.3 Å². The van der Waals surface area contributed by atoms with Crippen LogP contribution in [0.4, 0.5) is 5.69 Å². The molecule has 0 aliphatic carbocycles. The molecule has 0 unspecified atom stereocenters. The Morgan fingerprint density at radius 1 is 1.14 bits per heavy atom. The molecule has 0 saturated carbocycles. The second kappa shape index (κ2) is 6.37. The minimum absolute atomic E-state index is 0.0998. The van der Waals surface area contributed by atoms with E-state index in [2.05, 4.69) is 20.8 Å². The predicted octanol–water partition coefficient (Wildman–Crippen LogP) is 3.93. The fourth-order valence-electron chi connectivity index (χ4n) is 2.72. The van der Waals surface area contributed by atoms with Crippen molar-refractivity contribution in [2.24, 2.45) is 0 Å². The highest BCUT2D eigenvalue weighted by molar-refractivity contribution is 9.10. The third kappa shape index (κ3) is 2.93. The second-order valence-corrected chi connectivity index (χ2v) is 6.24. The van der Waals surface area contributed by atoms with Crippen molar-refractivity contribution in [1.82, 2.24) is 0 Å². The summed E-state index contributed by atoms with van der Waals surface area (Å²) in [4.78, 5) is 14.3.